The van der Waals surface area contributed by atoms with E-state index in [0.29, 0.717) is 18.7 Å². The van der Waals surface area contributed by atoms with E-state index in [0.717, 1.165) is 15.5 Å². The molecule has 0 aliphatic carbocycles. The highest BCUT2D eigenvalue weighted by molar-refractivity contribution is 7.09. The maximum absolute atomic E-state index is 12.5. The van der Waals surface area contributed by atoms with Crippen molar-refractivity contribution < 1.29 is 19.1 Å². The minimum absolute atomic E-state index is 0.0818. The van der Waals surface area contributed by atoms with Gasteiger partial charge in [-0.1, -0.05) is 12.1 Å². The van der Waals surface area contributed by atoms with Gasteiger partial charge in [-0.3, -0.25) is 14.5 Å². The number of aromatic nitrogens is 1. The maximum Gasteiger partial charge on any atom is 0.325 e. The number of urea groups is 1. The van der Waals surface area contributed by atoms with E-state index in [9.17, 15) is 14.4 Å². The van der Waals surface area contributed by atoms with Crippen molar-refractivity contribution in [2.24, 2.45) is 0 Å². The molecule has 0 unspecified atom stereocenters. The number of nitrogens with zero attached hydrogens (tertiary/aromatic N) is 2. The van der Waals surface area contributed by atoms with Crippen molar-refractivity contribution >= 4 is 29.2 Å². The molecule has 4 amide bonds. The van der Waals surface area contributed by atoms with E-state index in [1.807, 2.05) is 5.38 Å². The van der Waals surface area contributed by atoms with Crippen LogP contribution in [0.2, 0.25) is 0 Å². The van der Waals surface area contributed by atoms with Crippen LogP contribution in [0.15, 0.2) is 35.8 Å². The average molecular weight is 388 g/mol. The number of benzene rings is 1. The highest BCUT2D eigenvalue weighted by Gasteiger charge is 2.38. The summed E-state index contributed by atoms with van der Waals surface area (Å²) in [5.74, 6) is 0.0191. The van der Waals surface area contributed by atoms with Crippen molar-refractivity contribution in [1.29, 1.82) is 0 Å². The zero-order valence-electron chi connectivity index (χ0n) is 14.8. The van der Waals surface area contributed by atoms with Crippen LogP contribution < -0.4 is 15.4 Å². The first-order valence-electron chi connectivity index (χ1n) is 8.46. The minimum Gasteiger partial charge on any atom is -0.497 e. The third kappa shape index (κ3) is 4.82. The summed E-state index contributed by atoms with van der Waals surface area (Å²) >= 11 is 1.52. The molecule has 1 aliphatic heterocycles. The third-order valence-electron chi connectivity index (χ3n) is 4.14. The molecule has 1 aromatic carbocycles. The van der Waals surface area contributed by atoms with Crippen LogP contribution in [0.5, 0.6) is 5.75 Å². The number of methoxy groups -OCH3 is 1. The summed E-state index contributed by atoms with van der Waals surface area (Å²) in [4.78, 5) is 41.9. The predicted molar refractivity (Wildman–Crippen MR) is 99.3 cm³/mol. The average Bonchev–Trinajstić information content (AvgIpc) is 3.26. The minimum atomic E-state index is -0.837. The van der Waals surface area contributed by atoms with Crippen LogP contribution in [0.4, 0.5) is 4.79 Å². The Morgan fingerprint density at radius 2 is 2.11 bits per heavy atom. The lowest BCUT2D eigenvalue weighted by Gasteiger charge is -2.13. The first-order chi connectivity index (χ1) is 13.1. The molecule has 9 heteroatoms. The van der Waals surface area contributed by atoms with Gasteiger partial charge in [0.2, 0.25) is 5.91 Å². The number of hydrogen-bond acceptors (Lipinski definition) is 6. The van der Waals surface area contributed by atoms with E-state index in [1.165, 1.54) is 11.3 Å². The van der Waals surface area contributed by atoms with Gasteiger partial charge in [0.15, 0.2) is 0 Å². The van der Waals surface area contributed by atoms with Crippen LogP contribution in [-0.2, 0) is 22.6 Å². The summed E-state index contributed by atoms with van der Waals surface area (Å²) in [5, 5.41) is 8.14. The van der Waals surface area contributed by atoms with E-state index in [4.69, 9.17) is 4.74 Å². The van der Waals surface area contributed by atoms with Crippen molar-refractivity contribution in [3.05, 3.63) is 46.4 Å². The number of thiazole rings is 1. The predicted octanol–water partition coefficient (Wildman–Crippen LogP) is 1.32. The van der Waals surface area contributed by atoms with Crippen LogP contribution >= 0.6 is 11.3 Å². The van der Waals surface area contributed by atoms with Gasteiger partial charge < -0.3 is 15.4 Å². The molecule has 27 heavy (non-hydrogen) atoms. The molecule has 1 atom stereocenters. The summed E-state index contributed by atoms with van der Waals surface area (Å²) in [6.07, 6.45) is 2.27. The number of rotatable bonds is 8. The van der Waals surface area contributed by atoms with Crippen molar-refractivity contribution in [3.63, 3.8) is 0 Å². The Morgan fingerprint density at radius 3 is 2.78 bits per heavy atom. The number of hydrogen-bond donors (Lipinski definition) is 2. The number of ether oxygens (including phenoxy) is 1. The Balaban J connectivity index is 1.49. The molecular weight excluding hydrogens is 368 g/mol. The normalized spacial score (nSPS) is 16.3. The molecule has 2 aromatic rings. The van der Waals surface area contributed by atoms with E-state index in [2.05, 4.69) is 15.6 Å². The lowest BCUT2D eigenvalue weighted by molar-refractivity contribution is -0.131. The largest absolute Gasteiger partial charge is 0.497 e. The van der Waals surface area contributed by atoms with Crippen LogP contribution in [0.25, 0.3) is 0 Å². The van der Waals surface area contributed by atoms with Crippen LogP contribution in [0.1, 0.15) is 17.0 Å². The van der Waals surface area contributed by atoms with E-state index in [1.54, 1.807) is 37.6 Å². The first kappa shape index (κ1) is 18.8. The fourth-order valence-electron chi connectivity index (χ4n) is 2.72. The van der Waals surface area contributed by atoms with E-state index >= 15 is 0 Å². The fourth-order valence-corrected chi connectivity index (χ4v) is 3.34. The fraction of sp³-hybridized carbons (Fsp3) is 0.333. The van der Waals surface area contributed by atoms with Gasteiger partial charge in [0.05, 0.1) is 25.1 Å². The van der Waals surface area contributed by atoms with Gasteiger partial charge in [0.1, 0.15) is 11.8 Å². The van der Waals surface area contributed by atoms with Gasteiger partial charge in [-0.25, -0.2) is 9.78 Å². The number of carbonyl (C=O) groups excluding carboxylic acids is 3. The number of carbonyl (C=O) groups is 3. The summed E-state index contributed by atoms with van der Waals surface area (Å²) in [5.41, 5.74) is 0.799. The summed E-state index contributed by atoms with van der Waals surface area (Å²) in [6.45, 7) is 0.591. The maximum atomic E-state index is 12.5. The van der Waals surface area contributed by atoms with Crippen molar-refractivity contribution in [2.75, 3.05) is 13.7 Å². The van der Waals surface area contributed by atoms with Crippen molar-refractivity contribution in [2.45, 2.75) is 25.4 Å². The molecule has 1 aromatic heterocycles. The topological polar surface area (TPSA) is 101 Å². The molecule has 2 heterocycles. The van der Waals surface area contributed by atoms with Crippen LogP contribution in [-0.4, -0.2) is 47.4 Å². The number of nitrogens with one attached hydrogen (secondary N) is 2. The number of imide groups is 1. The van der Waals surface area contributed by atoms with Gasteiger partial charge in [-0.2, -0.15) is 0 Å². The Hall–Kier alpha value is -2.94. The molecular formula is C18H20N4O4S. The second-order valence-electron chi connectivity index (χ2n) is 6.00. The molecule has 8 nitrogen and oxygen atoms in total. The zero-order chi connectivity index (χ0) is 19.2. The van der Waals surface area contributed by atoms with Gasteiger partial charge in [-0.15, -0.1) is 11.3 Å². The molecule has 0 radical (unpaired) electrons. The van der Waals surface area contributed by atoms with Crippen LogP contribution in [0.3, 0.4) is 0 Å². The number of amides is 4. The Labute approximate surface area is 160 Å². The molecule has 1 saturated heterocycles. The SMILES string of the molecule is COc1ccc(CN2C(=O)N[C@H](CC(=O)NCCc3nccs3)C2=O)cc1. The second-order valence-corrected chi connectivity index (χ2v) is 6.98. The molecule has 0 saturated carbocycles. The van der Waals surface area contributed by atoms with Crippen molar-refractivity contribution in [3.8, 4) is 5.75 Å². The smallest absolute Gasteiger partial charge is 0.325 e. The van der Waals surface area contributed by atoms with Gasteiger partial charge in [-0.05, 0) is 17.7 Å². The molecule has 0 spiro atoms. The third-order valence-corrected chi connectivity index (χ3v) is 4.98. The van der Waals surface area contributed by atoms with Gasteiger partial charge >= 0.3 is 6.03 Å². The van der Waals surface area contributed by atoms with Crippen molar-refractivity contribution in [1.82, 2.24) is 20.5 Å². The second kappa shape index (κ2) is 8.63. The summed E-state index contributed by atoms with van der Waals surface area (Å²) < 4.78 is 5.09. The lowest BCUT2D eigenvalue weighted by atomic mass is 10.1. The molecule has 1 fully saturated rings. The standard InChI is InChI=1S/C18H20N4O4S/c1-26-13-4-2-12(3-5-13)11-22-17(24)14(21-18(22)25)10-15(23)19-7-6-16-20-8-9-27-16/h2-5,8-9,14H,6-7,10-11H2,1H3,(H,19,23)(H,21,25)/t14-/m1/s1. The van der Waals surface area contributed by atoms with Crippen LogP contribution in [0, 0.1) is 0 Å². The molecule has 1 aliphatic rings. The zero-order valence-corrected chi connectivity index (χ0v) is 15.6. The molecule has 0 bridgehead atoms. The molecule has 142 valence electrons. The quantitative estimate of drug-likeness (QED) is 0.665. The van der Waals surface area contributed by atoms with Gasteiger partial charge in [0, 0.05) is 24.5 Å². The summed E-state index contributed by atoms with van der Waals surface area (Å²) in [6, 6.07) is 5.78. The Morgan fingerprint density at radius 1 is 1.33 bits per heavy atom. The van der Waals surface area contributed by atoms with Gasteiger partial charge in [0.25, 0.3) is 5.91 Å². The summed E-state index contributed by atoms with van der Waals surface area (Å²) in [7, 11) is 1.57. The van der Waals surface area contributed by atoms with E-state index in [-0.39, 0.29) is 18.9 Å². The lowest BCUT2D eigenvalue weighted by Crippen LogP contribution is -2.37. The Bertz CT molecular complexity index is 807. The monoisotopic (exact) mass is 388 g/mol. The molecule has 2 N–H and O–H groups in total. The highest BCUT2D eigenvalue weighted by Crippen LogP contribution is 2.17. The molecule has 3 rings (SSSR count). The van der Waals surface area contributed by atoms with E-state index < -0.39 is 18.0 Å². The Kier molecular flexibility index (Phi) is 6.02. The highest BCUT2D eigenvalue weighted by atomic mass is 32.1. The first-order valence-corrected chi connectivity index (χ1v) is 9.34.